The summed E-state index contributed by atoms with van der Waals surface area (Å²) >= 11 is 1.74. The highest BCUT2D eigenvalue weighted by Gasteiger charge is 2.14. The molecule has 0 saturated heterocycles. The second-order valence-electron chi connectivity index (χ2n) is 4.52. The molecular formula is C15H23NO3S. The summed E-state index contributed by atoms with van der Waals surface area (Å²) in [4.78, 5) is 11.4. The van der Waals surface area contributed by atoms with Gasteiger partial charge in [0.1, 0.15) is 11.8 Å². The lowest BCUT2D eigenvalue weighted by molar-refractivity contribution is -0.144. The molecule has 0 fully saturated rings. The number of rotatable bonds is 8. The minimum absolute atomic E-state index is 0.318. The first-order chi connectivity index (χ1) is 9.58. The van der Waals surface area contributed by atoms with E-state index in [1.165, 1.54) is 11.1 Å². The molecule has 0 aromatic heterocycles. The molecule has 0 aliphatic rings. The fourth-order valence-electron chi connectivity index (χ4n) is 1.78. The Morgan fingerprint density at radius 3 is 2.85 bits per heavy atom. The van der Waals surface area contributed by atoms with E-state index in [4.69, 9.17) is 15.2 Å². The summed E-state index contributed by atoms with van der Waals surface area (Å²) in [5, 5.41) is 0. The lowest BCUT2D eigenvalue weighted by Gasteiger charge is -2.11. The third kappa shape index (κ3) is 5.43. The van der Waals surface area contributed by atoms with E-state index in [-0.39, 0.29) is 5.97 Å². The average molecular weight is 297 g/mol. The smallest absolute Gasteiger partial charge is 0.322 e. The standard InChI is InChI=1S/C15H23NO3S/c1-4-19-15(17)13(16)7-8-20-10-12-9-11(2)5-6-14(12)18-3/h5-6,9,13H,4,7-8,10,16H2,1-3H3. The first kappa shape index (κ1) is 16.9. The van der Waals surface area contributed by atoms with Crippen molar-refractivity contribution in [3.05, 3.63) is 29.3 Å². The van der Waals surface area contributed by atoms with E-state index in [0.717, 1.165) is 17.3 Å². The molecule has 1 rings (SSSR count). The van der Waals surface area contributed by atoms with Gasteiger partial charge in [0.25, 0.3) is 0 Å². The lowest BCUT2D eigenvalue weighted by atomic mass is 10.1. The molecule has 0 heterocycles. The van der Waals surface area contributed by atoms with Gasteiger partial charge in [-0.1, -0.05) is 17.7 Å². The number of hydrogen-bond donors (Lipinski definition) is 1. The minimum atomic E-state index is -0.526. The molecule has 1 atom stereocenters. The minimum Gasteiger partial charge on any atom is -0.496 e. The highest BCUT2D eigenvalue weighted by molar-refractivity contribution is 7.98. The number of benzene rings is 1. The number of ether oxygens (including phenoxy) is 2. The van der Waals surface area contributed by atoms with Crippen LogP contribution in [0.3, 0.4) is 0 Å². The summed E-state index contributed by atoms with van der Waals surface area (Å²) in [6.45, 7) is 4.22. The molecule has 0 saturated carbocycles. The van der Waals surface area contributed by atoms with Gasteiger partial charge in [-0.2, -0.15) is 11.8 Å². The van der Waals surface area contributed by atoms with Crippen LogP contribution in [0.2, 0.25) is 0 Å². The Bertz CT molecular complexity index is 437. The fourth-order valence-corrected chi connectivity index (χ4v) is 2.79. The van der Waals surface area contributed by atoms with Crippen LogP contribution >= 0.6 is 11.8 Å². The number of esters is 1. The summed E-state index contributed by atoms with van der Waals surface area (Å²) in [7, 11) is 1.68. The van der Waals surface area contributed by atoms with Crippen LogP contribution in [0.15, 0.2) is 18.2 Å². The second kappa shape index (κ2) is 8.87. The van der Waals surface area contributed by atoms with Crippen molar-refractivity contribution in [2.45, 2.75) is 32.1 Å². The van der Waals surface area contributed by atoms with Gasteiger partial charge in [-0.25, -0.2) is 0 Å². The maximum absolute atomic E-state index is 11.4. The van der Waals surface area contributed by atoms with Crippen molar-refractivity contribution < 1.29 is 14.3 Å². The van der Waals surface area contributed by atoms with E-state index in [2.05, 4.69) is 13.0 Å². The zero-order chi connectivity index (χ0) is 15.0. The van der Waals surface area contributed by atoms with Gasteiger partial charge in [0.15, 0.2) is 0 Å². The largest absolute Gasteiger partial charge is 0.496 e. The van der Waals surface area contributed by atoms with Gasteiger partial charge in [0, 0.05) is 11.3 Å². The van der Waals surface area contributed by atoms with Gasteiger partial charge in [-0.3, -0.25) is 4.79 Å². The summed E-state index contributed by atoms with van der Waals surface area (Å²) in [5.74, 6) is 2.25. The highest BCUT2D eigenvalue weighted by Crippen LogP contribution is 2.24. The van der Waals surface area contributed by atoms with Crippen molar-refractivity contribution in [2.24, 2.45) is 5.73 Å². The number of carbonyl (C=O) groups excluding carboxylic acids is 1. The average Bonchev–Trinajstić information content (AvgIpc) is 2.43. The monoisotopic (exact) mass is 297 g/mol. The van der Waals surface area contributed by atoms with Gasteiger partial charge < -0.3 is 15.2 Å². The van der Waals surface area contributed by atoms with Crippen LogP contribution in [-0.2, 0) is 15.3 Å². The van der Waals surface area contributed by atoms with Crippen LogP contribution in [0.25, 0.3) is 0 Å². The molecule has 0 spiro atoms. The van der Waals surface area contributed by atoms with Crippen LogP contribution in [0.1, 0.15) is 24.5 Å². The van der Waals surface area contributed by atoms with Crippen molar-refractivity contribution in [3.63, 3.8) is 0 Å². The fraction of sp³-hybridized carbons (Fsp3) is 0.533. The maximum atomic E-state index is 11.4. The molecule has 1 aromatic rings. The molecule has 1 unspecified atom stereocenters. The molecule has 2 N–H and O–H groups in total. The van der Waals surface area contributed by atoms with Crippen molar-refractivity contribution in [2.75, 3.05) is 19.5 Å². The van der Waals surface area contributed by atoms with Gasteiger partial charge in [-0.05, 0) is 32.1 Å². The number of aryl methyl sites for hydroxylation is 1. The van der Waals surface area contributed by atoms with Crippen LogP contribution < -0.4 is 10.5 Å². The molecule has 0 bridgehead atoms. The van der Waals surface area contributed by atoms with Crippen LogP contribution in [0, 0.1) is 6.92 Å². The van der Waals surface area contributed by atoms with E-state index in [0.29, 0.717) is 13.0 Å². The Morgan fingerprint density at radius 2 is 2.20 bits per heavy atom. The molecule has 112 valence electrons. The van der Waals surface area contributed by atoms with Gasteiger partial charge in [0.2, 0.25) is 0 Å². The third-order valence-corrected chi connectivity index (χ3v) is 3.90. The van der Waals surface area contributed by atoms with Crippen LogP contribution in [0.4, 0.5) is 0 Å². The van der Waals surface area contributed by atoms with Gasteiger partial charge >= 0.3 is 5.97 Å². The number of thioether (sulfide) groups is 1. The summed E-state index contributed by atoms with van der Waals surface area (Å²) in [6, 6.07) is 5.61. The molecule has 20 heavy (non-hydrogen) atoms. The lowest BCUT2D eigenvalue weighted by Crippen LogP contribution is -2.32. The predicted molar refractivity (Wildman–Crippen MR) is 83.1 cm³/mol. The van der Waals surface area contributed by atoms with E-state index >= 15 is 0 Å². The van der Waals surface area contributed by atoms with E-state index < -0.39 is 6.04 Å². The van der Waals surface area contributed by atoms with Crippen LogP contribution in [-0.4, -0.2) is 31.5 Å². The predicted octanol–water partition coefficient (Wildman–Crippen LogP) is 2.52. The second-order valence-corrected chi connectivity index (χ2v) is 5.62. The SMILES string of the molecule is CCOC(=O)C(N)CCSCc1cc(C)ccc1OC. The van der Waals surface area contributed by atoms with E-state index in [1.54, 1.807) is 25.8 Å². The van der Waals surface area contributed by atoms with Gasteiger partial charge in [-0.15, -0.1) is 0 Å². The van der Waals surface area contributed by atoms with Gasteiger partial charge in [0.05, 0.1) is 13.7 Å². The highest BCUT2D eigenvalue weighted by atomic mass is 32.2. The Balaban J connectivity index is 2.37. The quantitative estimate of drug-likeness (QED) is 0.590. The topological polar surface area (TPSA) is 61.5 Å². The van der Waals surface area contributed by atoms with Crippen molar-refractivity contribution >= 4 is 17.7 Å². The Kier molecular flexibility index (Phi) is 7.47. The van der Waals surface area contributed by atoms with E-state index in [9.17, 15) is 4.79 Å². The molecule has 0 radical (unpaired) electrons. The number of hydrogen-bond acceptors (Lipinski definition) is 5. The van der Waals surface area contributed by atoms with Crippen molar-refractivity contribution in [1.82, 2.24) is 0 Å². The molecule has 5 heteroatoms. The molecule has 0 amide bonds. The van der Waals surface area contributed by atoms with Crippen molar-refractivity contribution in [3.8, 4) is 5.75 Å². The summed E-state index contributed by atoms with van der Waals surface area (Å²) < 4.78 is 10.2. The zero-order valence-electron chi connectivity index (χ0n) is 12.3. The summed E-state index contributed by atoms with van der Waals surface area (Å²) in [6.07, 6.45) is 0.623. The molecular weight excluding hydrogens is 274 g/mol. The first-order valence-corrected chi connectivity index (χ1v) is 7.87. The maximum Gasteiger partial charge on any atom is 0.322 e. The van der Waals surface area contributed by atoms with E-state index in [1.807, 2.05) is 12.1 Å². The van der Waals surface area contributed by atoms with Crippen LogP contribution in [0.5, 0.6) is 5.75 Å². The number of nitrogens with two attached hydrogens (primary N) is 1. The molecule has 1 aromatic carbocycles. The third-order valence-electron chi connectivity index (χ3n) is 2.86. The summed E-state index contributed by atoms with van der Waals surface area (Å²) in [5.41, 5.74) is 8.13. The van der Waals surface area contributed by atoms with Crippen molar-refractivity contribution in [1.29, 1.82) is 0 Å². The Labute approximate surface area is 125 Å². The normalized spacial score (nSPS) is 12.0. The molecule has 0 aliphatic carbocycles. The Hall–Kier alpha value is -1.20. The molecule has 0 aliphatic heterocycles. The molecule has 4 nitrogen and oxygen atoms in total. The number of carbonyl (C=O) groups is 1. The first-order valence-electron chi connectivity index (χ1n) is 6.72. The number of methoxy groups -OCH3 is 1. The zero-order valence-corrected chi connectivity index (χ0v) is 13.2. The Morgan fingerprint density at radius 1 is 1.45 bits per heavy atom.